The van der Waals surface area contributed by atoms with Gasteiger partial charge in [0, 0.05) is 0 Å². The molecule has 1 unspecified atom stereocenters. The number of carboxylic acids is 1. The molecular formula is C15H21NO4. The molecule has 1 aromatic carbocycles. The molecule has 1 aromatic rings. The lowest BCUT2D eigenvalue weighted by molar-refractivity contribution is -0.149. The van der Waals surface area contributed by atoms with Crippen LogP contribution in [0.3, 0.4) is 0 Å². The summed E-state index contributed by atoms with van der Waals surface area (Å²) in [5.41, 5.74) is -0.952. The summed E-state index contributed by atoms with van der Waals surface area (Å²) in [4.78, 5) is 11.4. The number of carbonyl (C=O) groups is 1. The summed E-state index contributed by atoms with van der Waals surface area (Å²) in [6.07, 6.45) is 1.88. The standard InChI is InChI=1S/C15H21NO4/c1-16-15(14(17)18,12-7-8-12)11-19-9-10-20-13-5-3-2-4-6-13/h2-6,12,16H,7-11H2,1H3,(H,17,18). The summed E-state index contributed by atoms with van der Waals surface area (Å²) in [5.74, 6) is 0.114. The van der Waals surface area contributed by atoms with Crippen molar-refractivity contribution in [2.75, 3.05) is 26.9 Å². The van der Waals surface area contributed by atoms with Gasteiger partial charge in [0.2, 0.25) is 0 Å². The number of likely N-dealkylation sites (N-methyl/N-ethyl adjacent to an activating group) is 1. The van der Waals surface area contributed by atoms with Crippen LogP contribution in [0, 0.1) is 5.92 Å². The normalized spacial score (nSPS) is 17.4. The monoisotopic (exact) mass is 279 g/mol. The first-order valence-electron chi connectivity index (χ1n) is 6.87. The Balaban J connectivity index is 1.73. The van der Waals surface area contributed by atoms with E-state index in [4.69, 9.17) is 9.47 Å². The average Bonchev–Trinajstić information content (AvgIpc) is 3.29. The highest BCUT2D eigenvalue weighted by Crippen LogP contribution is 2.40. The molecule has 110 valence electrons. The Bertz CT molecular complexity index is 433. The molecule has 1 aliphatic carbocycles. The van der Waals surface area contributed by atoms with Crippen molar-refractivity contribution in [3.8, 4) is 5.75 Å². The summed E-state index contributed by atoms with van der Waals surface area (Å²) >= 11 is 0. The Morgan fingerprint density at radius 3 is 2.60 bits per heavy atom. The molecule has 0 bridgehead atoms. The van der Waals surface area contributed by atoms with Gasteiger partial charge in [-0.25, -0.2) is 0 Å². The topological polar surface area (TPSA) is 67.8 Å². The average molecular weight is 279 g/mol. The van der Waals surface area contributed by atoms with E-state index in [1.165, 1.54) is 0 Å². The first-order valence-corrected chi connectivity index (χ1v) is 6.87. The maximum Gasteiger partial charge on any atom is 0.326 e. The highest BCUT2D eigenvalue weighted by Gasteiger charge is 2.50. The fourth-order valence-corrected chi connectivity index (χ4v) is 2.28. The van der Waals surface area contributed by atoms with Gasteiger partial charge in [-0.3, -0.25) is 4.79 Å². The zero-order valence-electron chi connectivity index (χ0n) is 11.7. The minimum atomic E-state index is -0.952. The lowest BCUT2D eigenvalue weighted by Crippen LogP contribution is -2.56. The lowest BCUT2D eigenvalue weighted by atomic mass is 9.95. The van der Waals surface area contributed by atoms with Crippen LogP contribution in [0.4, 0.5) is 0 Å². The Morgan fingerprint density at radius 2 is 2.05 bits per heavy atom. The van der Waals surface area contributed by atoms with Crippen LogP contribution >= 0.6 is 0 Å². The van der Waals surface area contributed by atoms with Gasteiger partial charge in [0.05, 0.1) is 13.2 Å². The third-order valence-electron chi connectivity index (χ3n) is 3.67. The zero-order valence-corrected chi connectivity index (χ0v) is 11.7. The molecule has 0 amide bonds. The van der Waals surface area contributed by atoms with Crippen molar-refractivity contribution in [2.24, 2.45) is 5.92 Å². The number of aliphatic carboxylic acids is 1. The van der Waals surface area contributed by atoms with Crippen molar-refractivity contribution in [3.05, 3.63) is 30.3 Å². The summed E-state index contributed by atoms with van der Waals surface area (Å²) < 4.78 is 11.0. The van der Waals surface area contributed by atoms with E-state index in [0.717, 1.165) is 18.6 Å². The molecular weight excluding hydrogens is 258 g/mol. The molecule has 2 rings (SSSR count). The molecule has 1 saturated carbocycles. The SMILES string of the molecule is CNC(COCCOc1ccccc1)(C(=O)O)C1CC1. The van der Waals surface area contributed by atoms with Crippen LogP contribution in [0.5, 0.6) is 5.75 Å². The molecule has 1 aliphatic rings. The molecule has 1 atom stereocenters. The molecule has 0 spiro atoms. The van der Waals surface area contributed by atoms with Gasteiger partial charge >= 0.3 is 5.97 Å². The quantitative estimate of drug-likeness (QED) is 0.671. The first-order chi connectivity index (χ1) is 9.69. The minimum Gasteiger partial charge on any atom is -0.491 e. The van der Waals surface area contributed by atoms with E-state index in [1.54, 1.807) is 7.05 Å². The van der Waals surface area contributed by atoms with E-state index in [0.29, 0.717) is 13.2 Å². The fourth-order valence-electron chi connectivity index (χ4n) is 2.28. The van der Waals surface area contributed by atoms with Crippen molar-refractivity contribution in [1.82, 2.24) is 5.32 Å². The number of hydrogen-bond acceptors (Lipinski definition) is 4. The molecule has 5 heteroatoms. The van der Waals surface area contributed by atoms with Crippen LogP contribution in [-0.4, -0.2) is 43.5 Å². The molecule has 0 saturated heterocycles. The van der Waals surface area contributed by atoms with Gasteiger partial charge in [-0.2, -0.15) is 0 Å². The van der Waals surface area contributed by atoms with Crippen LogP contribution in [0.15, 0.2) is 30.3 Å². The third kappa shape index (κ3) is 3.49. The van der Waals surface area contributed by atoms with E-state index in [9.17, 15) is 9.90 Å². The fraction of sp³-hybridized carbons (Fsp3) is 0.533. The van der Waals surface area contributed by atoms with E-state index in [1.807, 2.05) is 30.3 Å². The molecule has 20 heavy (non-hydrogen) atoms. The number of ether oxygens (including phenoxy) is 2. The molecule has 0 aliphatic heterocycles. The number of rotatable bonds is 9. The van der Waals surface area contributed by atoms with Gasteiger partial charge in [-0.15, -0.1) is 0 Å². The minimum absolute atomic E-state index is 0.167. The van der Waals surface area contributed by atoms with Crippen LogP contribution < -0.4 is 10.1 Å². The Hall–Kier alpha value is -1.59. The smallest absolute Gasteiger partial charge is 0.326 e. The number of para-hydroxylation sites is 1. The Kier molecular flexibility index (Phi) is 4.98. The second kappa shape index (κ2) is 6.72. The Labute approximate surface area is 118 Å². The maximum atomic E-state index is 11.4. The van der Waals surface area contributed by atoms with Gasteiger partial charge in [0.25, 0.3) is 0 Å². The number of carboxylic acid groups (broad SMARTS) is 1. The van der Waals surface area contributed by atoms with Crippen molar-refractivity contribution < 1.29 is 19.4 Å². The Morgan fingerprint density at radius 1 is 1.35 bits per heavy atom. The largest absolute Gasteiger partial charge is 0.491 e. The zero-order chi connectivity index (χ0) is 14.4. The number of benzene rings is 1. The highest BCUT2D eigenvalue weighted by molar-refractivity contribution is 5.80. The summed E-state index contributed by atoms with van der Waals surface area (Å²) in [6.45, 7) is 0.952. The van der Waals surface area contributed by atoms with Crippen LogP contribution in [0.2, 0.25) is 0 Å². The van der Waals surface area contributed by atoms with E-state index in [2.05, 4.69) is 5.32 Å². The molecule has 2 N–H and O–H groups in total. The predicted molar refractivity (Wildman–Crippen MR) is 74.9 cm³/mol. The van der Waals surface area contributed by atoms with Crippen molar-refractivity contribution >= 4 is 5.97 Å². The van der Waals surface area contributed by atoms with Crippen molar-refractivity contribution in [1.29, 1.82) is 0 Å². The van der Waals surface area contributed by atoms with E-state index >= 15 is 0 Å². The predicted octanol–water partition coefficient (Wildman–Crippen LogP) is 1.53. The maximum absolute atomic E-state index is 11.4. The number of nitrogens with one attached hydrogen (secondary N) is 1. The summed E-state index contributed by atoms with van der Waals surface area (Å²) in [7, 11) is 1.68. The highest BCUT2D eigenvalue weighted by atomic mass is 16.5. The molecule has 0 aromatic heterocycles. The van der Waals surface area contributed by atoms with E-state index in [-0.39, 0.29) is 12.5 Å². The van der Waals surface area contributed by atoms with Crippen LogP contribution in [0.25, 0.3) is 0 Å². The van der Waals surface area contributed by atoms with Crippen molar-refractivity contribution in [3.63, 3.8) is 0 Å². The molecule has 0 radical (unpaired) electrons. The van der Waals surface area contributed by atoms with Gasteiger partial charge in [0.1, 0.15) is 17.9 Å². The van der Waals surface area contributed by atoms with Crippen molar-refractivity contribution in [2.45, 2.75) is 18.4 Å². The van der Waals surface area contributed by atoms with Gasteiger partial charge in [0.15, 0.2) is 0 Å². The van der Waals surface area contributed by atoms with Gasteiger partial charge in [-0.1, -0.05) is 18.2 Å². The molecule has 5 nitrogen and oxygen atoms in total. The van der Waals surface area contributed by atoms with Gasteiger partial charge < -0.3 is 19.9 Å². The van der Waals surface area contributed by atoms with Crippen LogP contribution in [0.1, 0.15) is 12.8 Å². The second-order valence-electron chi connectivity index (χ2n) is 5.01. The third-order valence-corrected chi connectivity index (χ3v) is 3.67. The molecule has 1 fully saturated rings. The molecule has 0 heterocycles. The van der Waals surface area contributed by atoms with Gasteiger partial charge in [-0.05, 0) is 37.9 Å². The summed E-state index contributed by atoms with van der Waals surface area (Å²) in [6, 6.07) is 9.48. The number of hydrogen-bond donors (Lipinski definition) is 2. The van der Waals surface area contributed by atoms with E-state index < -0.39 is 11.5 Å². The van der Waals surface area contributed by atoms with Crippen LogP contribution in [-0.2, 0) is 9.53 Å². The summed E-state index contributed by atoms with van der Waals surface area (Å²) in [5, 5.41) is 12.3. The second-order valence-corrected chi connectivity index (χ2v) is 5.01. The first kappa shape index (κ1) is 14.8. The lowest BCUT2D eigenvalue weighted by Gasteiger charge is -2.28.